The first-order valence-corrected chi connectivity index (χ1v) is 16.0. The summed E-state index contributed by atoms with van der Waals surface area (Å²) in [6.07, 6.45) is 1.20. The van der Waals surface area contributed by atoms with Gasteiger partial charge in [-0.2, -0.15) is 0 Å². The summed E-state index contributed by atoms with van der Waals surface area (Å²) < 4.78 is 5.47. The molecule has 0 aromatic heterocycles. The van der Waals surface area contributed by atoms with Crippen molar-refractivity contribution >= 4 is 37.4 Å². The van der Waals surface area contributed by atoms with E-state index < -0.39 is 18.8 Å². The first kappa shape index (κ1) is 14.9. The minimum absolute atomic E-state index is 0.0403. The van der Waals surface area contributed by atoms with E-state index >= 15 is 0 Å². The maximum atomic E-state index is 11.6. The maximum absolute atomic E-state index is 11.6. The topological polar surface area (TPSA) is 26.3 Å². The van der Waals surface area contributed by atoms with Crippen LogP contribution in [0.5, 0.6) is 0 Å². The quantitative estimate of drug-likeness (QED) is 0.645. The standard InChI is InChI=1S/C10H12O2S.3CH3.Sn/c11-10(12)7-9(13)6-8-4-2-1-3-5-8;;;;/h1-5,9,13H,6-7H2,(H,11,12);3*1H3;/q;;;;+1/p-1. The molecule has 0 aliphatic heterocycles. The summed E-state index contributed by atoms with van der Waals surface area (Å²) in [7, 11) is 0. The predicted molar refractivity (Wildman–Crippen MR) is 77.0 cm³/mol. The average molecular weight is 359 g/mol. The van der Waals surface area contributed by atoms with Crippen molar-refractivity contribution in [3.8, 4) is 0 Å². The molecule has 0 saturated carbocycles. The number of thiol groups is 1. The van der Waals surface area contributed by atoms with Crippen LogP contribution in [0.3, 0.4) is 0 Å². The van der Waals surface area contributed by atoms with E-state index in [1.54, 1.807) is 0 Å². The molecular weight excluding hydrogens is 339 g/mol. The van der Waals surface area contributed by atoms with Crippen LogP contribution in [0.25, 0.3) is 0 Å². The van der Waals surface area contributed by atoms with E-state index in [0.29, 0.717) is 6.42 Å². The van der Waals surface area contributed by atoms with Crippen molar-refractivity contribution in [3.63, 3.8) is 0 Å². The van der Waals surface area contributed by atoms with Gasteiger partial charge in [-0.1, -0.05) is 0 Å². The second-order valence-corrected chi connectivity index (χ2v) is 18.5. The summed E-state index contributed by atoms with van der Waals surface area (Å²) in [5.74, 6) is -0.0933. The molecule has 4 heteroatoms. The number of carbonyl (C=O) groups is 1. The molecule has 0 aliphatic rings. The van der Waals surface area contributed by atoms with Crippen LogP contribution in [0.1, 0.15) is 12.0 Å². The van der Waals surface area contributed by atoms with E-state index in [1.165, 1.54) is 5.56 Å². The van der Waals surface area contributed by atoms with Crippen molar-refractivity contribution in [1.82, 2.24) is 0 Å². The fourth-order valence-electron chi connectivity index (χ4n) is 1.53. The van der Waals surface area contributed by atoms with Crippen LogP contribution in [0.4, 0.5) is 0 Å². The zero-order chi connectivity index (χ0) is 12.9. The SMILES string of the molecule is [CH3][Sn]([CH3])([CH3])[O]C(=O)CC(S)Cc1ccccc1. The molecule has 17 heavy (non-hydrogen) atoms. The molecule has 1 aromatic carbocycles. The summed E-state index contributed by atoms with van der Waals surface area (Å²) in [5.41, 5.74) is 1.21. The van der Waals surface area contributed by atoms with Crippen LogP contribution in [0, 0.1) is 0 Å². The molecule has 0 fully saturated rings. The van der Waals surface area contributed by atoms with E-state index in [9.17, 15) is 4.79 Å². The normalized spacial score (nSPS) is 13.2. The summed E-state index contributed by atoms with van der Waals surface area (Å²) in [4.78, 5) is 17.9. The van der Waals surface area contributed by atoms with Gasteiger partial charge in [-0.25, -0.2) is 0 Å². The van der Waals surface area contributed by atoms with Gasteiger partial charge in [0.05, 0.1) is 0 Å². The minimum atomic E-state index is -2.45. The van der Waals surface area contributed by atoms with Crippen LogP contribution in [0.2, 0.25) is 14.8 Å². The van der Waals surface area contributed by atoms with Crippen molar-refractivity contribution in [2.75, 3.05) is 0 Å². The van der Waals surface area contributed by atoms with Crippen molar-refractivity contribution in [3.05, 3.63) is 35.9 Å². The Kier molecular flexibility index (Phi) is 5.86. The van der Waals surface area contributed by atoms with Crippen LogP contribution in [-0.4, -0.2) is 30.0 Å². The number of carbonyl (C=O) groups excluding carboxylic acids is 1. The van der Waals surface area contributed by atoms with E-state index in [1.807, 2.05) is 18.2 Å². The van der Waals surface area contributed by atoms with Crippen molar-refractivity contribution in [2.45, 2.75) is 32.9 Å². The van der Waals surface area contributed by atoms with E-state index in [0.717, 1.165) is 6.42 Å². The molecule has 0 heterocycles. The van der Waals surface area contributed by atoms with E-state index in [-0.39, 0.29) is 11.2 Å². The molecule has 0 saturated heterocycles. The molecule has 1 aromatic rings. The molecular formula is C13H20O2SSn. The Bertz CT molecular complexity index is 359. The van der Waals surface area contributed by atoms with Gasteiger partial charge in [0.1, 0.15) is 0 Å². The Hall–Kier alpha value is -0.161. The molecule has 0 amide bonds. The van der Waals surface area contributed by atoms with Gasteiger partial charge in [0.15, 0.2) is 0 Å². The van der Waals surface area contributed by atoms with Gasteiger partial charge in [-0.05, 0) is 0 Å². The third-order valence-corrected chi connectivity index (χ3v) is 4.90. The zero-order valence-corrected chi connectivity index (χ0v) is 14.4. The molecule has 0 radical (unpaired) electrons. The van der Waals surface area contributed by atoms with Crippen molar-refractivity contribution in [1.29, 1.82) is 0 Å². The molecule has 0 spiro atoms. The second kappa shape index (κ2) is 6.69. The summed E-state index contributed by atoms with van der Waals surface area (Å²) in [6, 6.07) is 10.1. The average Bonchev–Trinajstić information content (AvgIpc) is 2.15. The Morgan fingerprint density at radius 3 is 2.41 bits per heavy atom. The van der Waals surface area contributed by atoms with Crippen LogP contribution >= 0.6 is 12.6 Å². The van der Waals surface area contributed by atoms with E-state index in [2.05, 4.69) is 39.6 Å². The third kappa shape index (κ3) is 6.99. The third-order valence-electron chi connectivity index (χ3n) is 2.14. The first-order valence-electron chi connectivity index (χ1n) is 5.80. The molecule has 1 atom stereocenters. The second-order valence-electron chi connectivity index (χ2n) is 5.13. The van der Waals surface area contributed by atoms with Crippen molar-refractivity contribution < 1.29 is 7.87 Å². The number of hydrogen-bond donors (Lipinski definition) is 1. The summed E-state index contributed by atoms with van der Waals surface area (Å²) in [6.45, 7) is 0. The Morgan fingerprint density at radius 1 is 1.29 bits per heavy atom. The van der Waals surface area contributed by atoms with Crippen LogP contribution < -0.4 is 0 Å². The number of hydrogen-bond acceptors (Lipinski definition) is 3. The van der Waals surface area contributed by atoms with E-state index in [4.69, 9.17) is 3.07 Å². The zero-order valence-electron chi connectivity index (χ0n) is 10.6. The van der Waals surface area contributed by atoms with Gasteiger partial charge in [0, 0.05) is 0 Å². The Labute approximate surface area is 114 Å². The molecule has 0 bridgehead atoms. The molecule has 1 rings (SSSR count). The number of benzene rings is 1. The summed E-state index contributed by atoms with van der Waals surface area (Å²) >= 11 is 2.00. The van der Waals surface area contributed by atoms with Gasteiger partial charge < -0.3 is 0 Å². The fourth-order valence-corrected chi connectivity index (χ4v) is 4.08. The monoisotopic (exact) mass is 360 g/mol. The Balaban J connectivity index is 2.40. The summed E-state index contributed by atoms with van der Waals surface area (Å²) in [5, 5.41) is 0.0403. The van der Waals surface area contributed by atoms with Gasteiger partial charge in [0.2, 0.25) is 0 Å². The molecule has 1 unspecified atom stereocenters. The van der Waals surface area contributed by atoms with Crippen LogP contribution in [0.15, 0.2) is 30.3 Å². The predicted octanol–water partition coefficient (Wildman–Crippen LogP) is 3.30. The molecule has 0 N–H and O–H groups in total. The van der Waals surface area contributed by atoms with Gasteiger partial charge in [0.25, 0.3) is 0 Å². The fraction of sp³-hybridized carbons (Fsp3) is 0.462. The molecule has 94 valence electrons. The number of rotatable bonds is 5. The molecule has 2 nitrogen and oxygen atoms in total. The van der Waals surface area contributed by atoms with Crippen LogP contribution in [-0.2, 0) is 14.3 Å². The van der Waals surface area contributed by atoms with Gasteiger partial charge in [-0.15, -0.1) is 0 Å². The molecule has 0 aliphatic carbocycles. The van der Waals surface area contributed by atoms with Crippen molar-refractivity contribution in [2.24, 2.45) is 0 Å². The van der Waals surface area contributed by atoms with Gasteiger partial charge in [-0.3, -0.25) is 0 Å². The van der Waals surface area contributed by atoms with Gasteiger partial charge >= 0.3 is 114 Å². The Morgan fingerprint density at radius 2 is 1.88 bits per heavy atom. The first-order chi connectivity index (χ1) is 7.87.